The Morgan fingerprint density at radius 3 is 2.45 bits per heavy atom. The second-order valence-electron chi connectivity index (χ2n) is 7.39. The molecule has 1 aliphatic heterocycles. The van der Waals surface area contributed by atoms with E-state index in [1.54, 1.807) is 0 Å². The number of nitro benzene ring substituents is 1. The Hall–Kier alpha value is -3.25. The number of sulfonamides is 1. The van der Waals surface area contributed by atoms with Gasteiger partial charge in [-0.15, -0.1) is 0 Å². The average molecular weight is 482 g/mol. The largest absolute Gasteiger partial charge is 0.495 e. The molecule has 0 radical (unpaired) electrons. The summed E-state index contributed by atoms with van der Waals surface area (Å²) >= 11 is 0. The van der Waals surface area contributed by atoms with Crippen molar-refractivity contribution in [3.05, 3.63) is 52.3 Å². The van der Waals surface area contributed by atoms with Gasteiger partial charge in [-0.2, -0.15) is 4.31 Å². The lowest BCUT2D eigenvalue weighted by Gasteiger charge is -2.21. The summed E-state index contributed by atoms with van der Waals surface area (Å²) in [6.45, 7) is 0.184. The highest BCUT2D eigenvalue weighted by Gasteiger charge is 2.26. The predicted molar refractivity (Wildman–Crippen MR) is 117 cm³/mol. The molecule has 0 aliphatic carbocycles. The first-order valence-corrected chi connectivity index (χ1v) is 11.7. The number of hydrogen-bond donors (Lipinski definition) is 1. The molecule has 0 bridgehead atoms. The fourth-order valence-corrected chi connectivity index (χ4v) is 5.00. The lowest BCUT2D eigenvalue weighted by atomic mass is 10.2. The first kappa shape index (κ1) is 24.4. The number of amides is 1. The van der Waals surface area contributed by atoms with Crippen molar-refractivity contribution in [1.29, 1.82) is 0 Å². The zero-order chi connectivity index (χ0) is 24.0. The smallest absolute Gasteiger partial charge is 0.311 e. The van der Waals surface area contributed by atoms with Gasteiger partial charge in [0.05, 0.1) is 22.6 Å². The molecule has 1 heterocycles. The Kier molecular flexibility index (Phi) is 7.82. The maximum Gasteiger partial charge on any atom is 0.311 e. The predicted octanol–water partition coefficient (Wildman–Crippen LogP) is 3.32. The van der Waals surface area contributed by atoms with E-state index in [4.69, 9.17) is 9.47 Å². The van der Waals surface area contributed by atoms with Gasteiger partial charge in [-0.1, -0.05) is 12.8 Å². The number of anilines is 1. The van der Waals surface area contributed by atoms with Crippen molar-refractivity contribution in [3.63, 3.8) is 0 Å². The minimum absolute atomic E-state index is 0.00202. The van der Waals surface area contributed by atoms with Crippen molar-refractivity contribution in [2.45, 2.75) is 30.6 Å². The Balaban J connectivity index is 1.77. The van der Waals surface area contributed by atoms with Crippen LogP contribution in [0.1, 0.15) is 25.7 Å². The number of methoxy groups -OCH3 is 1. The van der Waals surface area contributed by atoms with E-state index in [9.17, 15) is 27.7 Å². The van der Waals surface area contributed by atoms with Gasteiger partial charge >= 0.3 is 5.69 Å². The summed E-state index contributed by atoms with van der Waals surface area (Å²) in [5.74, 6) is -1.69. The molecule has 1 N–H and O–H groups in total. The third-order valence-corrected chi connectivity index (χ3v) is 7.02. The maximum absolute atomic E-state index is 13.4. The van der Waals surface area contributed by atoms with Gasteiger partial charge in [0.25, 0.3) is 5.91 Å². The molecule has 33 heavy (non-hydrogen) atoms. The third-order valence-electron chi connectivity index (χ3n) is 5.13. The number of nitrogens with one attached hydrogen (secondary N) is 1. The molecule has 178 valence electrons. The van der Waals surface area contributed by atoms with Crippen LogP contribution in [0.15, 0.2) is 41.3 Å². The summed E-state index contributed by atoms with van der Waals surface area (Å²) in [6, 6.07) is 6.77. The molecule has 0 spiro atoms. The zero-order valence-corrected chi connectivity index (χ0v) is 18.8. The zero-order valence-electron chi connectivity index (χ0n) is 18.0. The van der Waals surface area contributed by atoms with Crippen LogP contribution < -0.4 is 14.8 Å². The quantitative estimate of drug-likeness (QED) is 0.452. The molecule has 0 saturated carbocycles. The Morgan fingerprint density at radius 2 is 1.82 bits per heavy atom. The SMILES string of the molecule is COc1ccc(S(=O)(=O)N2CCCCCC2)cc1NC(=O)COc1cc(F)ccc1[N+](=O)[O-]. The number of rotatable bonds is 8. The first-order chi connectivity index (χ1) is 15.7. The summed E-state index contributed by atoms with van der Waals surface area (Å²) in [6.07, 6.45) is 3.50. The van der Waals surface area contributed by atoms with Gasteiger partial charge < -0.3 is 14.8 Å². The van der Waals surface area contributed by atoms with Gasteiger partial charge in [0.1, 0.15) is 11.6 Å². The van der Waals surface area contributed by atoms with Crippen LogP contribution in [0.25, 0.3) is 0 Å². The second-order valence-corrected chi connectivity index (χ2v) is 9.32. The van der Waals surface area contributed by atoms with E-state index in [2.05, 4.69) is 5.32 Å². The van der Waals surface area contributed by atoms with Crippen molar-refractivity contribution in [2.24, 2.45) is 0 Å². The van der Waals surface area contributed by atoms with Crippen molar-refractivity contribution in [2.75, 3.05) is 32.1 Å². The van der Waals surface area contributed by atoms with Crippen LogP contribution in [-0.2, 0) is 14.8 Å². The summed E-state index contributed by atoms with van der Waals surface area (Å²) in [5, 5.41) is 13.5. The van der Waals surface area contributed by atoms with Gasteiger partial charge in [0.15, 0.2) is 6.61 Å². The number of halogens is 1. The van der Waals surface area contributed by atoms with Crippen molar-refractivity contribution >= 4 is 27.3 Å². The number of carbonyl (C=O) groups is 1. The summed E-state index contributed by atoms with van der Waals surface area (Å²) in [4.78, 5) is 22.7. The summed E-state index contributed by atoms with van der Waals surface area (Å²) in [7, 11) is -2.40. The van der Waals surface area contributed by atoms with E-state index in [0.29, 0.717) is 13.1 Å². The van der Waals surface area contributed by atoms with Crippen molar-refractivity contribution in [3.8, 4) is 11.5 Å². The van der Waals surface area contributed by atoms with Crippen LogP contribution >= 0.6 is 0 Å². The van der Waals surface area contributed by atoms with Crippen LogP contribution in [0.4, 0.5) is 15.8 Å². The monoisotopic (exact) mass is 481 g/mol. The van der Waals surface area contributed by atoms with E-state index in [0.717, 1.165) is 43.9 Å². The van der Waals surface area contributed by atoms with E-state index in [1.807, 2.05) is 0 Å². The van der Waals surface area contributed by atoms with E-state index in [1.165, 1.54) is 29.6 Å². The molecule has 0 atom stereocenters. The Bertz CT molecular complexity index is 1130. The molecule has 10 nitrogen and oxygen atoms in total. The van der Waals surface area contributed by atoms with E-state index in [-0.39, 0.29) is 16.3 Å². The van der Waals surface area contributed by atoms with Crippen LogP contribution in [0.5, 0.6) is 11.5 Å². The molecular weight excluding hydrogens is 457 g/mol. The second kappa shape index (κ2) is 10.6. The van der Waals surface area contributed by atoms with Crippen molar-refractivity contribution < 1.29 is 32.0 Å². The molecule has 1 saturated heterocycles. The Morgan fingerprint density at radius 1 is 1.12 bits per heavy atom. The highest BCUT2D eigenvalue weighted by molar-refractivity contribution is 7.89. The molecular formula is C21H24FN3O7S. The number of carbonyl (C=O) groups excluding carboxylic acids is 1. The van der Waals surface area contributed by atoms with Crippen LogP contribution in [0, 0.1) is 15.9 Å². The van der Waals surface area contributed by atoms with Crippen LogP contribution in [0.3, 0.4) is 0 Å². The number of benzene rings is 2. The third kappa shape index (κ3) is 5.96. The number of ether oxygens (including phenoxy) is 2. The fourth-order valence-electron chi connectivity index (χ4n) is 3.46. The minimum Gasteiger partial charge on any atom is -0.495 e. The molecule has 0 aromatic heterocycles. The molecule has 1 fully saturated rings. The molecule has 2 aromatic rings. The lowest BCUT2D eigenvalue weighted by molar-refractivity contribution is -0.385. The number of nitrogens with zero attached hydrogens (tertiary/aromatic N) is 2. The highest BCUT2D eigenvalue weighted by Crippen LogP contribution is 2.30. The molecule has 0 unspecified atom stereocenters. The lowest BCUT2D eigenvalue weighted by Crippen LogP contribution is -2.32. The molecule has 2 aromatic carbocycles. The minimum atomic E-state index is -3.77. The first-order valence-electron chi connectivity index (χ1n) is 10.3. The average Bonchev–Trinajstić information content (AvgIpc) is 3.08. The molecule has 1 aliphatic rings. The Labute approximate surface area is 190 Å². The van der Waals surface area contributed by atoms with Crippen LogP contribution in [-0.4, -0.2) is 50.4 Å². The number of hydrogen-bond acceptors (Lipinski definition) is 7. The fraction of sp³-hybridized carbons (Fsp3) is 0.381. The van der Waals surface area contributed by atoms with Gasteiger partial charge in [0.2, 0.25) is 15.8 Å². The maximum atomic E-state index is 13.4. The summed E-state index contributed by atoms with van der Waals surface area (Å²) < 4.78 is 51.3. The molecule has 12 heteroatoms. The number of nitro groups is 1. The van der Waals surface area contributed by atoms with Crippen molar-refractivity contribution in [1.82, 2.24) is 4.31 Å². The summed E-state index contributed by atoms with van der Waals surface area (Å²) in [5.41, 5.74) is -0.400. The molecule has 3 rings (SSSR count). The van der Waals surface area contributed by atoms with Crippen LogP contribution in [0.2, 0.25) is 0 Å². The normalized spacial score (nSPS) is 14.8. The van der Waals surface area contributed by atoms with Gasteiger partial charge in [-0.3, -0.25) is 14.9 Å². The van der Waals surface area contributed by atoms with E-state index >= 15 is 0 Å². The van der Waals surface area contributed by atoms with Gasteiger partial charge in [-0.25, -0.2) is 12.8 Å². The molecule has 1 amide bonds. The highest BCUT2D eigenvalue weighted by atomic mass is 32.2. The standard InChI is InChI=1S/C21H24FN3O7S/c1-31-19-9-7-16(33(29,30)24-10-4-2-3-5-11-24)13-17(19)23-21(26)14-32-20-12-15(22)6-8-18(20)25(27)28/h6-9,12-13H,2-5,10-11,14H2,1H3,(H,23,26). The van der Waals surface area contributed by atoms with E-state index < -0.39 is 44.7 Å². The van der Waals surface area contributed by atoms with Gasteiger partial charge in [-0.05, 0) is 37.1 Å². The van der Waals surface area contributed by atoms with Gasteiger partial charge in [0, 0.05) is 25.2 Å². The topological polar surface area (TPSA) is 128 Å².